The number of hydroxylamine groups is 1. The smallest absolute Gasteiger partial charge is 0.428 e. The maximum atomic E-state index is 9.70. The van der Waals surface area contributed by atoms with Crippen molar-refractivity contribution >= 4 is 6.09 Å². The summed E-state index contributed by atoms with van der Waals surface area (Å²) < 4.78 is 0. The molecule has 0 aliphatic rings. The van der Waals surface area contributed by atoms with Crippen molar-refractivity contribution in [1.29, 1.82) is 0 Å². The first-order valence-corrected chi connectivity index (χ1v) is 2.42. The molecule has 0 heterocycles. The Balaban J connectivity index is 3.16. The lowest BCUT2D eigenvalue weighted by molar-refractivity contribution is -0.0314. The van der Waals surface area contributed by atoms with Crippen LogP contribution in [0, 0.1) is 0 Å². The Labute approximate surface area is 52.2 Å². The van der Waals surface area contributed by atoms with Gasteiger partial charge >= 0.3 is 6.09 Å². The summed E-state index contributed by atoms with van der Waals surface area (Å²) in [6, 6.07) is 0. The van der Waals surface area contributed by atoms with Crippen LogP contribution in [-0.4, -0.2) is 29.0 Å². The van der Waals surface area contributed by atoms with Gasteiger partial charge in [-0.15, -0.1) is 0 Å². The third kappa shape index (κ3) is 5.05. The van der Waals surface area contributed by atoms with E-state index in [-0.39, 0.29) is 6.61 Å². The van der Waals surface area contributed by atoms with Gasteiger partial charge in [-0.3, -0.25) is 4.84 Å². The summed E-state index contributed by atoms with van der Waals surface area (Å²) >= 11 is 0. The lowest BCUT2D eigenvalue weighted by Crippen LogP contribution is -2.28. The van der Waals surface area contributed by atoms with E-state index in [4.69, 9.17) is 10.2 Å². The third-order valence-corrected chi connectivity index (χ3v) is 0.605. The predicted octanol–water partition coefficient (Wildman–Crippen LogP) is -0.434. The number of hydrogen-bond acceptors (Lipinski definition) is 3. The Hall–Kier alpha value is -0.810. The van der Waals surface area contributed by atoms with E-state index in [0.717, 1.165) is 0 Å². The molecule has 0 aromatic heterocycles. The van der Waals surface area contributed by atoms with Crippen LogP contribution in [0.15, 0.2) is 0 Å². The molecule has 1 unspecified atom stereocenters. The monoisotopic (exact) mass is 135 g/mol. The minimum atomic E-state index is -1.27. The molecular weight excluding hydrogens is 126 g/mol. The largest absolute Gasteiger partial charge is 0.464 e. The highest BCUT2D eigenvalue weighted by atomic mass is 16.7. The fourth-order valence-electron chi connectivity index (χ4n) is 0.188. The van der Waals surface area contributed by atoms with Crippen LogP contribution in [0.1, 0.15) is 6.92 Å². The molecule has 0 saturated carbocycles. The van der Waals surface area contributed by atoms with Crippen molar-refractivity contribution in [3.05, 3.63) is 0 Å². The predicted molar refractivity (Wildman–Crippen MR) is 28.8 cm³/mol. The molecule has 54 valence electrons. The molecule has 1 atom stereocenters. The number of rotatable bonds is 3. The summed E-state index contributed by atoms with van der Waals surface area (Å²) in [5, 5.41) is 16.2. The van der Waals surface area contributed by atoms with E-state index >= 15 is 0 Å². The highest BCUT2D eigenvalue weighted by Crippen LogP contribution is 1.82. The van der Waals surface area contributed by atoms with Crippen molar-refractivity contribution in [2.45, 2.75) is 13.0 Å². The topological polar surface area (TPSA) is 78.8 Å². The van der Waals surface area contributed by atoms with Crippen molar-refractivity contribution in [2.24, 2.45) is 0 Å². The molecule has 0 aliphatic heterocycles. The SMILES string of the molecule is CC(CO)ONC(=O)O. The molecule has 0 radical (unpaired) electrons. The molecular formula is C4H9NO4. The lowest BCUT2D eigenvalue weighted by atomic mass is 10.5. The highest BCUT2D eigenvalue weighted by molar-refractivity contribution is 5.62. The second kappa shape index (κ2) is 4.11. The molecule has 0 rings (SSSR count). The van der Waals surface area contributed by atoms with Crippen molar-refractivity contribution in [3.63, 3.8) is 0 Å². The summed E-state index contributed by atoms with van der Waals surface area (Å²) in [7, 11) is 0. The van der Waals surface area contributed by atoms with Gasteiger partial charge in [0.05, 0.1) is 6.61 Å². The van der Waals surface area contributed by atoms with Gasteiger partial charge in [0.2, 0.25) is 0 Å². The average Bonchev–Trinajstić information content (AvgIpc) is 1.83. The van der Waals surface area contributed by atoms with Crippen LogP contribution in [0.2, 0.25) is 0 Å². The van der Waals surface area contributed by atoms with E-state index in [1.54, 1.807) is 5.48 Å². The molecule has 5 heteroatoms. The number of nitrogens with one attached hydrogen (secondary N) is 1. The third-order valence-electron chi connectivity index (χ3n) is 0.605. The molecule has 0 saturated heterocycles. The van der Waals surface area contributed by atoms with Gasteiger partial charge in [0.1, 0.15) is 6.10 Å². The summed E-state index contributed by atoms with van der Waals surface area (Å²) in [5.74, 6) is 0. The highest BCUT2D eigenvalue weighted by Gasteiger charge is 2.00. The molecule has 5 nitrogen and oxygen atoms in total. The second-order valence-electron chi connectivity index (χ2n) is 1.52. The second-order valence-corrected chi connectivity index (χ2v) is 1.52. The molecule has 0 aromatic carbocycles. The van der Waals surface area contributed by atoms with E-state index in [9.17, 15) is 4.79 Å². The Morgan fingerprint density at radius 1 is 1.89 bits per heavy atom. The normalized spacial score (nSPS) is 12.7. The molecule has 3 N–H and O–H groups in total. The number of carbonyl (C=O) groups is 1. The maximum Gasteiger partial charge on any atom is 0.428 e. The average molecular weight is 135 g/mol. The van der Waals surface area contributed by atoms with Crippen molar-refractivity contribution in [2.75, 3.05) is 6.61 Å². The molecule has 0 spiro atoms. The van der Waals surface area contributed by atoms with Crippen molar-refractivity contribution in [1.82, 2.24) is 5.48 Å². The minimum Gasteiger partial charge on any atom is -0.464 e. The van der Waals surface area contributed by atoms with E-state index in [1.807, 2.05) is 0 Å². The van der Waals surface area contributed by atoms with E-state index in [2.05, 4.69) is 4.84 Å². The molecule has 1 amide bonds. The van der Waals surface area contributed by atoms with Crippen LogP contribution in [0.5, 0.6) is 0 Å². The Morgan fingerprint density at radius 3 is 2.78 bits per heavy atom. The Bertz CT molecular complexity index is 94.6. The van der Waals surface area contributed by atoms with Crippen molar-refractivity contribution < 1.29 is 19.8 Å². The van der Waals surface area contributed by atoms with Crippen LogP contribution in [-0.2, 0) is 4.84 Å². The van der Waals surface area contributed by atoms with E-state index in [1.165, 1.54) is 6.92 Å². The van der Waals surface area contributed by atoms with Gasteiger partial charge in [-0.2, -0.15) is 5.48 Å². The molecule has 0 aliphatic carbocycles. The first kappa shape index (κ1) is 8.19. The van der Waals surface area contributed by atoms with Crippen LogP contribution >= 0.6 is 0 Å². The minimum absolute atomic E-state index is 0.208. The van der Waals surface area contributed by atoms with E-state index < -0.39 is 12.2 Å². The zero-order valence-electron chi connectivity index (χ0n) is 5.00. The van der Waals surface area contributed by atoms with Crippen LogP contribution in [0.3, 0.4) is 0 Å². The lowest BCUT2D eigenvalue weighted by Gasteiger charge is -2.06. The fourth-order valence-corrected chi connectivity index (χ4v) is 0.188. The number of amides is 1. The summed E-state index contributed by atoms with van der Waals surface area (Å²) in [4.78, 5) is 14.1. The molecule has 0 aromatic rings. The van der Waals surface area contributed by atoms with Gasteiger partial charge in [-0.1, -0.05) is 0 Å². The van der Waals surface area contributed by atoms with Gasteiger partial charge in [0.15, 0.2) is 0 Å². The van der Waals surface area contributed by atoms with Gasteiger partial charge in [0, 0.05) is 0 Å². The van der Waals surface area contributed by atoms with Gasteiger partial charge in [-0.25, -0.2) is 4.79 Å². The first-order valence-electron chi connectivity index (χ1n) is 2.42. The quantitative estimate of drug-likeness (QED) is 0.458. The van der Waals surface area contributed by atoms with Gasteiger partial charge < -0.3 is 10.2 Å². The van der Waals surface area contributed by atoms with Crippen LogP contribution in [0.25, 0.3) is 0 Å². The summed E-state index contributed by atoms with van der Waals surface area (Å²) in [6.07, 6.45) is -1.77. The van der Waals surface area contributed by atoms with Gasteiger partial charge in [0.25, 0.3) is 0 Å². The van der Waals surface area contributed by atoms with Crippen molar-refractivity contribution in [3.8, 4) is 0 Å². The number of aliphatic hydroxyl groups is 1. The maximum absolute atomic E-state index is 9.70. The standard InChI is InChI=1S/C4H9NO4/c1-3(2-6)9-5-4(7)8/h3,5-6H,2H2,1H3,(H,7,8). The zero-order valence-corrected chi connectivity index (χ0v) is 5.00. The Kier molecular flexibility index (Phi) is 3.74. The van der Waals surface area contributed by atoms with Crippen LogP contribution in [0.4, 0.5) is 4.79 Å². The first-order chi connectivity index (χ1) is 4.16. The summed E-state index contributed by atoms with van der Waals surface area (Å²) in [6.45, 7) is 1.33. The molecule has 0 bridgehead atoms. The number of aliphatic hydroxyl groups excluding tert-OH is 1. The summed E-state index contributed by atoms with van der Waals surface area (Å²) in [5.41, 5.74) is 1.65. The Morgan fingerprint density at radius 2 is 2.44 bits per heavy atom. The van der Waals surface area contributed by atoms with Crippen LogP contribution < -0.4 is 5.48 Å². The van der Waals surface area contributed by atoms with Gasteiger partial charge in [-0.05, 0) is 6.92 Å². The number of hydrogen-bond donors (Lipinski definition) is 3. The van der Waals surface area contributed by atoms with E-state index in [0.29, 0.717) is 0 Å². The zero-order chi connectivity index (χ0) is 7.28. The molecule has 9 heavy (non-hydrogen) atoms. The molecule has 0 fully saturated rings. The fraction of sp³-hybridized carbons (Fsp3) is 0.750. The number of carboxylic acid groups (broad SMARTS) is 1.